The quantitative estimate of drug-likeness (QED) is 0.142. The summed E-state index contributed by atoms with van der Waals surface area (Å²) in [6, 6.07) is 77.0. The maximum Gasteiger partial charge on any atom is 0.0569 e. The number of hydrogen-bond donors (Lipinski definition) is 0. The maximum atomic E-state index is 2.48. The zero-order chi connectivity index (χ0) is 47.6. The van der Waals surface area contributed by atoms with Crippen LogP contribution < -0.4 is 9.80 Å². The van der Waals surface area contributed by atoms with Gasteiger partial charge >= 0.3 is 0 Å². The van der Waals surface area contributed by atoms with E-state index in [-0.39, 0.29) is 0 Å². The van der Waals surface area contributed by atoms with Gasteiger partial charge in [-0.2, -0.15) is 0 Å². The number of fused-ring (bicyclic) bond motifs is 6. The first-order chi connectivity index (χ1) is 34.2. The van der Waals surface area contributed by atoms with Gasteiger partial charge in [0.05, 0.1) is 11.4 Å². The van der Waals surface area contributed by atoms with E-state index in [9.17, 15) is 0 Å². The van der Waals surface area contributed by atoms with Crippen molar-refractivity contribution in [3.05, 3.63) is 240 Å². The second kappa shape index (κ2) is 17.6. The summed E-state index contributed by atoms with van der Waals surface area (Å²) in [6.45, 7) is 13.3. The van der Waals surface area contributed by atoms with E-state index >= 15 is 0 Å². The van der Waals surface area contributed by atoms with Crippen LogP contribution in [0.4, 0.5) is 34.1 Å². The van der Waals surface area contributed by atoms with Crippen LogP contribution >= 0.6 is 22.7 Å². The van der Waals surface area contributed by atoms with Gasteiger partial charge in [0.2, 0.25) is 0 Å². The van der Waals surface area contributed by atoms with Crippen LogP contribution in [0.1, 0.15) is 33.4 Å². The molecule has 12 rings (SSSR count). The average molecular weight is 937 g/mol. The fourth-order valence-electron chi connectivity index (χ4n) is 10.5. The molecule has 0 amide bonds. The second-order valence-corrected chi connectivity index (χ2v) is 21.1. The van der Waals surface area contributed by atoms with Crippen molar-refractivity contribution < 1.29 is 0 Å². The van der Waals surface area contributed by atoms with Crippen LogP contribution in [0, 0.1) is 41.5 Å². The molecule has 70 heavy (non-hydrogen) atoms. The van der Waals surface area contributed by atoms with Gasteiger partial charge in [-0.05, 0) is 171 Å². The average Bonchev–Trinajstić information content (AvgIpc) is 3.94. The molecule has 0 saturated heterocycles. The summed E-state index contributed by atoms with van der Waals surface area (Å²) in [5.74, 6) is 0. The van der Waals surface area contributed by atoms with Crippen LogP contribution in [-0.2, 0) is 0 Å². The third-order valence-corrected chi connectivity index (χ3v) is 16.4. The number of anilines is 6. The van der Waals surface area contributed by atoms with E-state index < -0.39 is 0 Å². The Morgan fingerprint density at radius 3 is 1.09 bits per heavy atom. The Balaban J connectivity index is 0.954. The van der Waals surface area contributed by atoms with Gasteiger partial charge in [0, 0.05) is 74.2 Å². The molecule has 0 aliphatic carbocycles. The number of para-hydroxylation sites is 2. The molecular weight excluding hydrogens is 885 g/mol. The van der Waals surface area contributed by atoms with Crippen LogP contribution in [0.5, 0.6) is 0 Å². The van der Waals surface area contributed by atoms with Crippen LogP contribution in [0.15, 0.2) is 206 Å². The number of thiophene rings is 2. The first-order valence-electron chi connectivity index (χ1n) is 24.1. The standard InChI is InChI=1S/C66H52N2S2/c1-41-21-29-51(30-22-41)67(65-43(3)13-11-17-53(65)49-27-35-63-57(39-49)55-15-7-9-19-61(55)69-63)59-33-25-47(37-45(59)5)48-26-34-60(46(6)38-48)68(52-31-23-42(2)24-32-52)66-44(4)14-12-18-54(66)50-28-36-64-58(40-50)56-16-8-10-20-62(56)70-64/h7-40H,1-6H3. The zero-order valence-corrected chi connectivity index (χ0v) is 42.0. The van der Waals surface area contributed by atoms with E-state index in [0.29, 0.717) is 0 Å². The summed E-state index contributed by atoms with van der Waals surface area (Å²) in [7, 11) is 0. The molecule has 338 valence electrons. The van der Waals surface area contributed by atoms with Crippen LogP contribution in [-0.4, -0.2) is 0 Å². The van der Waals surface area contributed by atoms with Gasteiger partial charge in [0.1, 0.15) is 0 Å². The summed E-state index contributed by atoms with van der Waals surface area (Å²) in [4.78, 5) is 4.95. The van der Waals surface area contributed by atoms with E-state index in [4.69, 9.17) is 0 Å². The molecule has 2 nitrogen and oxygen atoms in total. The largest absolute Gasteiger partial charge is 0.309 e. The highest BCUT2D eigenvalue weighted by atomic mass is 32.1. The molecule has 0 aliphatic heterocycles. The normalized spacial score (nSPS) is 11.6. The molecule has 10 aromatic carbocycles. The smallest absolute Gasteiger partial charge is 0.0569 e. The Labute approximate surface area is 419 Å². The van der Waals surface area contributed by atoms with Crippen LogP contribution in [0.25, 0.3) is 73.7 Å². The summed E-state index contributed by atoms with van der Waals surface area (Å²) in [6.07, 6.45) is 0. The van der Waals surface area contributed by atoms with Crippen molar-refractivity contribution in [1.82, 2.24) is 0 Å². The van der Waals surface area contributed by atoms with Crippen LogP contribution in [0.2, 0.25) is 0 Å². The molecule has 0 bridgehead atoms. The lowest BCUT2D eigenvalue weighted by atomic mass is 9.95. The van der Waals surface area contributed by atoms with Gasteiger partial charge < -0.3 is 9.80 Å². The van der Waals surface area contributed by atoms with E-state index in [0.717, 1.165) is 22.7 Å². The van der Waals surface area contributed by atoms with E-state index in [1.54, 1.807) is 0 Å². The monoisotopic (exact) mass is 936 g/mol. The third-order valence-electron chi connectivity index (χ3n) is 14.1. The van der Waals surface area contributed by atoms with Gasteiger partial charge in [-0.15, -0.1) is 22.7 Å². The number of hydrogen-bond acceptors (Lipinski definition) is 4. The Bertz CT molecular complexity index is 3710. The number of rotatable bonds is 9. The molecule has 0 radical (unpaired) electrons. The van der Waals surface area contributed by atoms with Gasteiger partial charge in [-0.3, -0.25) is 0 Å². The minimum atomic E-state index is 1.13. The molecule has 0 atom stereocenters. The minimum Gasteiger partial charge on any atom is -0.309 e. The van der Waals surface area contributed by atoms with Crippen molar-refractivity contribution >= 4 is 97.1 Å². The highest BCUT2D eigenvalue weighted by molar-refractivity contribution is 7.26. The molecule has 0 N–H and O–H groups in total. The molecule has 12 aromatic rings. The molecule has 0 aliphatic rings. The minimum absolute atomic E-state index is 1.13. The summed E-state index contributed by atoms with van der Waals surface area (Å²) in [5, 5.41) is 5.24. The van der Waals surface area contributed by atoms with Gasteiger partial charge in [-0.25, -0.2) is 0 Å². The lowest BCUT2D eigenvalue weighted by molar-refractivity contribution is 1.22. The van der Waals surface area contributed by atoms with Gasteiger partial charge in [-0.1, -0.05) is 132 Å². The fraction of sp³-hybridized carbons (Fsp3) is 0.0909. The predicted octanol–water partition coefficient (Wildman–Crippen LogP) is 20.2. The SMILES string of the molecule is Cc1ccc(N(c2ccc(-c3ccc(N(c4ccc(C)cc4)c4c(C)cccc4-c4ccc5sc6ccccc6c5c4)c(C)c3)cc2C)c2c(C)cccc2-c2ccc3sc4ccccc4c3c2)cc1. The molecule has 0 fully saturated rings. The van der Waals surface area contributed by atoms with Crippen molar-refractivity contribution in [1.29, 1.82) is 0 Å². The summed E-state index contributed by atoms with van der Waals surface area (Å²) >= 11 is 3.73. The van der Waals surface area contributed by atoms with Crippen molar-refractivity contribution in [3.63, 3.8) is 0 Å². The van der Waals surface area contributed by atoms with Crippen molar-refractivity contribution in [3.8, 4) is 33.4 Å². The molecular formula is C66H52N2S2. The van der Waals surface area contributed by atoms with E-state index in [2.05, 4.69) is 258 Å². The Morgan fingerprint density at radius 1 is 0.286 bits per heavy atom. The van der Waals surface area contributed by atoms with E-state index in [1.807, 2.05) is 22.7 Å². The number of aryl methyl sites for hydroxylation is 6. The zero-order valence-electron chi connectivity index (χ0n) is 40.3. The third kappa shape index (κ3) is 7.65. The first-order valence-corrected chi connectivity index (χ1v) is 25.8. The van der Waals surface area contributed by atoms with Crippen molar-refractivity contribution in [2.24, 2.45) is 0 Å². The lowest BCUT2D eigenvalue weighted by Crippen LogP contribution is -2.14. The first kappa shape index (κ1) is 43.5. The topological polar surface area (TPSA) is 6.48 Å². The lowest BCUT2D eigenvalue weighted by Gasteiger charge is -2.31. The Hall–Kier alpha value is -7.76. The van der Waals surface area contributed by atoms with Crippen LogP contribution in [0.3, 0.4) is 0 Å². The summed E-state index contributed by atoms with van der Waals surface area (Å²) in [5.41, 5.74) is 21.5. The molecule has 0 spiro atoms. The molecule has 4 heteroatoms. The second-order valence-electron chi connectivity index (χ2n) is 18.9. The van der Waals surface area contributed by atoms with Crippen molar-refractivity contribution in [2.75, 3.05) is 9.80 Å². The number of nitrogens with zero attached hydrogens (tertiary/aromatic N) is 2. The molecule has 2 heterocycles. The van der Waals surface area contributed by atoms with Gasteiger partial charge in [0.15, 0.2) is 0 Å². The highest BCUT2D eigenvalue weighted by Crippen LogP contribution is 2.49. The Morgan fingerprint density at radius 2 is 0.671 bits per heavy atom. The maximum absolute atomic E-state index is 2.48. The number of benzene rings is 10. The van der Waals surface area contributed by atoms with E-state index in [1.165, 1.54) is 118 Å². The highest BCUT2D eigenvalue weighted by Gasteiger charge is 2.24. The van der Waals surface area contributed by atoms with Crippen molar-refractivity contribution in [2.45, 2.75) is 41.5 Å². The predicted molar refractivity (Wildman–Crippen MR) is 306 cm³/mol. The molecule has 2 aromatic heterocycles. The molecule has 0 saturated carbocycles. The van der Waals surface area contributed by atoms with Gasteiger partial charge in [0.25, 0.3) is 0 Å². The molecule has 0 unspecified atom stereocenters. The fourth-order valence-corrected chi connectivity index (χ4v) is 12.7. The summed E-state index contributed by atoms with van der Waals surface area (Å²) < 4.78 is 5.27. The Kier molecular flexibility index (Phi) is 11.0.